The Balaban J connectivity index is 1.59. The first-order chi connectivity index (χ1) is 9.17. The molecule has 19 heavy (non-hydrogen) atoms. The lowest BCUT2D eigenvalue weighted by atomic mass is 9.52. The van der Waals surface area contributed by atoms with Crippen LogP contribution in [0.25, 0.3) is 0 Å². The molecule has 0 aromatic carbocycles. The Bertz CT molecular complexity index is 391. The second-order valence-electron chi connectivity index (χ2n) is 7.58. The van der Waals surface area contributed by atoms with Crippen LogP contribution in [-0.4, -0.2) is 21.9 Å². The highest BCUT2D eigenvalue weighted by Gasteiger charge is 2.54. The number of fused-ring (bicyclic) bond motifs is 5. The van der Waals surface area contributed by atoms with Crippen molar-refractivity contribution in [2.45, 2.75) is 63.1 Å². The molecule has 0 bridgehead atoms. The average molecular weight is 262 g/mol. The van der Waals surface area contributed by atoms with Crippen LogP contribution in [0.3, 0.4) is 0 Å². The molecule has 2 heteroatoms. The summed E-state index contributed by atoms with van der Waals surface area (Å²) in [7, 11) is 0. The minimum absolute atomic E-state index is 0.262. The molecule has 0 heterocycles. The van der Waals surface area contributed by atoms with Crippen LogP contribution >= 0.6 is 0 Å². The topological polar surface area (TPSA) is 40.5 Å². The molecule has 2 N–H and O–H groups in total. The number of aliphatic hydroxyl groups is 2. The van der Waals surface area contributed by atoms with E-state index in [1.54, 1.807) is 0 Å². The summed E-state index contributed by atoms with van der Waals surface area (Å²) < 4.78 is 0. The van der Waals surface area contributed by atoms with Gasteiger partial charge in [-0.15, -0.1) is 0 Å². The molecule has 3 fully saturated rings. The lowest BCUT2D eigenvalue weighted by molar-refractivity contribution is -0.158. The summed E-state index contributed by atoms with van der Waals surface area (Å²) in [5.74, 6) is 3.75. The van der Waals surface area contributed by atoms with Crippen molar-refractivity contribution >= 4 is 0 Å². The first-order valence-electron chi connectivity index (χ1n) is 8.24. The zero-order chi connectivity index (χ0) is 13.0. The van der Waals surface area contributed by atoms with Crippen molar-refractivity contribution in [3.05, 3.63) is 12.2 Å². The number of allylic oxidation sites excluding steroid dienone is 2. The lowest BCUT2D eigenvalue weighted by Crippen LogP contribution is -2.55. The molecule has 4 rings (SSSR count). The minimum Gasteiger partial charge on any atom is -0.393 e. The summed E-state index contributed by atoms with van der Waals surface area (Å²) in [5.41, 5.74) is -0.544. The predicted octanol–water partition coefficient (Wildman–Crippen LogP) is 2.89. The van der Waals surface area contributed by atoms with Crippen LogP contribution in [0.4, 0.5) is 0 Å². The van der Waals surface area contributed by atoms with Gasteiger partial charge >= 0.3 is 0 Å². The molecule has 106 valence electrons. The Labute approximate surface area is 115 Å². The fraction of sp³-hybridized carbons (Fsp3) is 0.882. The van der Waals surface area contributed by atoms with Crippen molar-refractivity contribution < 1.29 is 10.2 Å². The van der Waals surface area contributed by atoms with Gasteiger partial charge in [-0.2, -0.15) is 0 Å². The highest BCUT2D eigenvalue weighted by atomic mass is 16.3. The first kappa shape index (κ1) is 12.4. The van der Waals surface area contributed by atoms with Crippen LogP contribution < -0.4 is 0 Å². The highest BCUT2D eigenvalue weighted by Crippen LogP contribution is 2.57. The molecule has 0 amide bonds. The molecule has 7 unspecified atom stereocenters. The second kappa shape index (κ2) is 4.33. The van der Waals surface area contributed by atoms with Crippen molar-refractivity contribution in [2.75, 3.05) is 0 Å². The van der Waals surface area contributed by atoms with Gasteiger partial charge in [0.25, 0.3) is 0 Å². The largest absolute Gasteiger partial charge is 0.393 e. The predicted molar refractivity (Wildman–Crippen MR) is 74.5 cm³/mol. The van der Waals surface area contributed by atoms with Gasteiger partial charge in [0, 0.05) is 6.42 Å². The molecule has 4 aliphatic carbocycles. The van der Waals surface area contributed by atoms with Gasteiger partial charge in [-0.1, -0.05) is 12.2 Å². The van der Waals surface area contributed by atoms with Crippen LogP contribution in [-0.2, 0) is 0 Å². The Morgan fingerprint density at radius 2 is 1.84 bits per heavy atom. The number of hydrogen-bond donors (Lipinski definition) is 2. The van der Waals surface area contributed by atoms with E-state index in [0.717, 1.165) is 42.9 Å². The Kier molecular flexibility index (Phi) is 2.82. The molecule has 0 saturated heterocycles. The van der Waals surface area contributed by atoms with Gasteiger partial charge in [0.05, 0.1) is 11.7 Å². The van der Waals surface area contributed by atoms with Gasteiger partial charge < -0.3 is 10.2 Å². The third-order valence-electron chi connectivity index (χ3n) is 6.79. The van der Waals surface area contributed by atoms with Crippen molar-refractivity contribution in [3.63, 3.8) is 0 Å². The SMILES string of the molecule is OC1CCC2C3CCC4C=CCC4C3CCC2(O)C1. The van der Waals surface area contributed by atoms with Crippen LogP contribution in [0.5, 0.6) is 0 Å². The smallest absolute Gasteiger partial charge is 0.0703 e. The van der Waals surface area contributed by atoms with E-state index >= 15 is 0 Å². The maximum atomic E-state index is 11.0. The molecule has 0 aromatic rings. The molecule has 4 aliphatic rings. The Morgan fingerprint density at radius 3 is 2.74 bits per heavy atom. The normalized spacial score (nSPS) is 56.3. The van der Waals surface area contributed by atoms with Crippen LogP contribution in [0, 0.1) is 29.6 Å². The fourth-order valence-electron chi connectivity index (χ4n) is 5.99. The maximum Gasteiger partial charge on any atom is 0.0703 e. The van der Waals surface area contributed by atoms with Gasteiger partial charge in [0.15, 0.2) is 0 Å². The Hall–Kier alpha value is -0.340. The maximum absolute atomic E-state index is 11.0. The van der Waals surface area contributed by atoms with Gasteiger partial charge in [-0.3, -0.25) is 0 Å². The van der Waals surface area contributed by atoms with E-state index in [1.165, 1.54) is 25.7 Å². The summed E-state index contributed by atoms with van der Waals surface area (Å²) in [6.45, 7) is 0. The van der Waals surface area contributed by atoms with Gasteiger partial charge in [-0.05, 0) is 74.5 Å². The standard InChI is InChI=1S/C17H26O2/c18-12-5-7-16-15-6-4-11-2-1-3-13(11)14(15)8-9-17(16,19)10-12/h1-2,11-16,18-19H,3-10H2. The van der Waals surface area contributed by atoms with Crippen LogP contribution in [0.2, 0.25) is 0 Å². The van der Waals surface area contributed by atoms with E-state index in [4.69, 9.17) is 0 Å². The number of hydrogen-bond acceptors (Lipinski definition) is 2. The second-order valence-corrected chi connectivity index (χ2v) is 7.58. The first-order valence-corrected chi connectivity index (χ1v) is 8.24. The third-order valence-corrected chi connectivity index (χ3v) is 6.79. The van der Waals surface area contributed by atoms with Gasteiger partial charge in [0.2, 0.25) is 0 Å². The van der Waals surface area contributed by atoms with E-state index in [1.807, 2.05) is 0 Å². The van der Waals surface area contributed by atoms with Gasteiger partial charge in [-0.25, -0.2) is 0 Å². The molecular formula is C17H26O2. The van der Waals surface area contributed by atoms with E-state index in [-0.39, 0.29) is 6.10 Å². The molecule has 0 aromatic heterocycles. The zero-order valence-corrected chi connectivity index (χ0v) is 11.7. The van der Waals surface area contributed by atoms with E-state index in [2.05, 4.69) is 12.2 Å². The van der Waals surface area contributed by atoms with E-state index in [9.17, 15) is 10.2 Å². The molecule has 0 aliphatic heterocycles. The lowest BCUT2D eigenvalue weighted by Gasteiger charge is -2.56. The minimum atomic E-state index is -0.544. The summed E-state index contributed by atoms with van der Waals surface area (Å²) >= 11 is 0. The van der Waals surface area contributed by atoms with Crippen LogP contribution in [0.15, 0.2) is 12.2 Å². The highest BCUT2D eigenvalue weighted by molar-refractivity contribution is 5.11. The summed E-state index contributed by atoms with van der Waals surface area (Å²) in [6, 6.07) is 0. The van der Waals surface area contributed by atoms with Crippen molar-refractivity contribution in [2.24, 2.45) is 29.6 Å². The van der Waals surface area contributed by atoms with Crippen LogP contribution in [0.1, 0.15) is 51.4 Å². The molecule has 7 atom stereocenters. The molecule has 3 saturated carbocycles. The molecule has 0 radical (unpaired) electrons. The van der Waals surface area contributed by atoms with Crippen molar-refractivity contribution in [1.82, 2.24) is 0 Å². The summed E-state index contributed by atoms with van der Waals surface area (Å²) in [5, 5.41) is 20.9. The fourth-order valence-corrected chi connectivity index (χ4v) is 5.99. The van der Waals surface area contributed by atoms with Crippen molar-refractivity contribution in [1.29, 1.82) is 0 Å². The summed E-state index contributed by atoms with van der Waals surface area (Å²) in [4.78, 5) is 0. The molecule has 0 spiro atoms. The molecular weight excluding hydrogens is 236 g/mol. The summed E-state index contributed by atoms with van der Waals surface area (Å²) in [6.07, 6.45) is 13.2. The quantitative estimate of drug-likeness (QED) is 0.659. The average Bonchev–Trinajstić information content (AvgIpc) is 2.85. The molecule has 2 nitrogen and oxygen atoms in total. The van der Waals surface area contributed by atoms with E-state index in [0.29, 0.717) is 12.3 Å². The number of aliphatic hydroxyl groups excluding tert-OH is 1. The third kappa shape index (κ3) is 1.83. The number of rotatable bonds is 0. The van der Waals surface area contributed by atoms with E-state index < -0.39 is 5.60 Å². The van der Waals surface area contributed by atoms with Crippen molar-refractivity contribution in [3.8, 4) is 0 Å². The Morgan fingerprint density at radius 1 is 0.947 bits per heavy atom. The van der Waals surface area contributed by atoms with Gasteiger partial charge in [0.1, 0.15) is 0 Å². The monoisotopic (exact) mass is 262 g/mol. The zero-order valence-electron chi connectivity index (χ0n) is 11.7.